The maximum Gasteiger partial charge on any atom is 0.309 e. The van der Waals surface area contributed by atoms with Crippen LogP contribution >= 0.6 is 0 Å². The topological polar surface area (TPSA) is 96.3 Å². The molecule has 1 aliphatic carbocycles. The highest BCUT2D eigenvalue weighted by Gasteiger charge is 2.49. The van der Waals surface area contributed by atoms with Crippen LogP contribution in [0.3, 0.4) is 0 Å². The molecule has 194 valence electrons. The molecule has 1 heterocycles. The minimum absolute atomic E-state index is 0.00889. The smallest absolute Gasteiger partial charge is 0.309 e. The van der Waals surface area contributed by atoms with Gasteiger partial charge in [0.2, 0.25) is 5.91 Å². The maximum absolute atomic E-state index is 13.1. The summed E-state index contributed by atoms with van der Waals surface area (Å²) in [6.07, 6.45) is 0.905. The molecule has 0 spiro atoms. The number of aliphatic hydroxyl groups excluding tert-OH is 1. The minimum Gasteiger partial charge on any atom is -0.493 e. The Labute approximate surface area is 213 Å². The molecule has 1 fully saturated rings. The van der Waals surface area contributed by atoms with Crippen LogP contribution in [-0.2, 0) is 22.4 Å². The zero-order valence-electron chi connectivity index (χ0n) is 21.8. The predicted molar refractivity (Wildman–Crippen MR) is 136 cm³/mol. The Balaban J connectivity index is 1.58. The van der Waals surface area contributed by atoms with Crippen molar-refractivity contribution >= 4 is 11.9 Å². The van der Waals surface area contributed by atoms with Crippen LogP contribution in [0.2, 0.25) is 0 Å². The number of nitrogens with zero attached hydrogens (tertiary/aromatic N) is 1. The molecule has 36 heavy (non-hydrogen) atoms. The highest BCUT2D eigenvalue weighted by molar-refractivity contribution is 5.84. The number of hydrogen-bond acceptors (Lipinski definition) is 5. The summed E-state index contributed by atoms with van der Waals surface area (Å²) in [6.45, 7) is 7.60. The van der Waals surface area contributed by atoms with E-state index in [2.05, 4.69) is 12.1 Å². The third-order valence-corrected chi connectivity index (χ3v) is 8.11. The van der Waals surface area contributed by atoms with Gasteiger partial charge in [0, 0.05) is 43.7 Å². The molecule has 1 amide bonds. The number of carbonyl (C=O) groups is 2. The van der Waals surface area contributed by atoms with Crippen molar-refractivity contribution in [1.82, 2.24) is 4.90 Å². The van der Waals surface area contributed by atoms with Crippen molar-refractivity contribution in [2.24, 2.45) is 10.8 Å². The molecule has 4 rings (SSSR count). The lowest BCUT2D eigenvalue weighted by atomic mass is 9.72. The number of aliphatic carboxylic acids is 1. The molecule has 2 aromatic carbocycles. The lowest BCUT2D eigenvalue weighted by molar-refractivity contribution is -0.151. The van der Waals surface area contributed by atoms with E-state index in [0.717, 1.165) is 18.4 Å². The van der Waals surface area contributed by atoms with Crippen molar-refractivity contribution in [3.8, 4) is 11.5 Å². The minimum atomic E-state index is -1.16. The normalized spacial score (nSPS) is 22.8. The molecule has 2 N–H and O–H groups in total. The van der Waals surface area contributed by atoms with Gasteiger partial charge < -0.3 is 24.6 Å². The second-order valence-electron chi connectivity index (χ2n) is 11.2. The van der Waals surface area contributed by atoms with Crippen LogP contribution in [0.1, 0.15) is 56.7 Å². The van der Waals surface area contributed by atoms with Gasteiger partial charge in [0.25, 0.3) is 0 Å². The quantitative estimate of drug-likeness (QED) is 0.574. The molecule has 2 aromatic rings. The number of rotatable bonds is 8. The monoisotopic (exact) mass is 495 g/mol. The van der Waals surface area contributed by atoms with Gasteiger partial charge in [-0.3, -0.25) is 9.59 Å². The summed E-state index contributed by atoms with van der Waals surface area (Å²) in [7, 11) is 1.62. The number of carboxylic acids is 1. The van der Waals surface area contributed by atoms with E-state index in [9.17, 15) is 19.8 Å². The van der Waals surface area contributed by atoms with E-state index in [0.29, 0.717) is 24.6 Å². The van der Waals surface area contributed by atoms with Gasteiger partial charge >= 0.3 is 5.97 Å². The molecule has 7 heteroatoms. The second-order valence-corrected chi connectivity index (χ2v) is 11.2. The van der Waals surface area contributed by atoms with Crippen LogP contribution in [0.15, 0.2) is 42.5 Å². The molecular weight excluding hydrogens is 458 g/mol. The Bertz CT molecular complexity index is 1120. The Hall–Kier alpha value is -3.06. The highest BCUT2D eigenvalue weighted by Crippen LogP contribution is 2.47. The van der Waals surface area contributed by atoms with E-state index < -0.39 is 22.9 Å². The molecule has 3 unspecified atom stereocenters. The Kier molecular flexibility index (Phi) is 7.06. The summed E-state index contributed by atoms with van der Waals surface area (Å²) < 4.78 is 12.0. The van der Waals surface area contributed by atoms with Gasteiger partial charge in [0.05, 0.1) is 18.6 Å². The van der Waals surface area contributed by atoms with Crippen LogP contribution in [0, 0.1) is 10.8 Å². The molecule has 2 aliphatic rings. The molecule has 7 nitrogen and oxygen atoms in total. The third kappa shape index (κ3) is 4.94. The summed E-state index contributed by atoms with van der Waals surface area (Å²) in [5.41, 5.74) is 1.80. The number of aliphatic hydroxyl groups is 1. The zero-order chi connectivity index (χ0) is 26.3. The first-order chi connectivity index (χ1) is 16.9. The van der Waals surface area contributed by atoms with Gasteiger partial charge in [0.1, 0.15) is 6.10 Å². The molecule has 0 radical (unpaired) electrons. The molecule has 0 bridgehead atoms. The number of likely N-dealkylation sites (tertiary alicyclic amines) is 1. The number of methoxy groups -OCH3 is 1. The lowest BCUT2D eigenvalue weighted by Gasteiger charge is -2.34. The standard InChI is InChI=1S/C29H37NO6/c1-18(31)29(4)17-30(26(32)15-28(2,3)27(33)34)16-23(29)21-10-11-24(35-5)25(14-21)36-22-12-19-8-6-7-9-20(19)13-22/h6-11,14,18,22-23,31H,12-13,15-17H2,1-5H3,(H,33,34). The van der Waals surface area contributed by atoms with E-state index in [1.54, 1.807) is 32.8 Å². The van der Waals surface area contributed by atoms with Gasteiger partial charge in [-0.15, -0.1) is 0 Å². The summed E-state index contributed by atoms with van der Waals surface area (Å²) in [5.74, 6) is -0.0788. The highest BCUT2D eigenvalue weighted by atomic mass is 16.5. The molecule has 1 saturated heterocycles. The number of hydrogen-bond donors (Lipinski definition) is 2. The summed E-state index contributed by atoms with van der Waals surface area (Å²) >= 11 is 0. The fraction of sp³-hybridized carbons (Fsp3) is 0.517. The predicted octanol–water partition coefficient (Wildman–Crippen LogP) is 4.06. The first-order valence-corrected chi connectivity index (χ1v) is 12.5. The number of ether oxygens (including phenoxy) is 2. The summed E-state index contributed by atoms with van der Waals surface area (Å²) in [6, 6.07) is 14.2. The number of benzene rings is 2. The SMILES string of the molecule is COc1ccc(C2CN(C(=O)CC(C)(C)C(=O)O)CC2(C)C(C)O)cc1OC1Cc2ccccc2C1. The first-order valence-electron chi connectivity index (χ1n) is 12.5. The summed E-state index contributed by atoms with van der Waals surface area (Å²) in [4.78, 5) is 26.4. The van der Waals surface area contributed by atoms with Gasteiger partial charge in [-0.1, -0.05) is 37.3 Å². The zero-order valence-corrected chi connectivity index (χ0v) is 21.8. The molecular formula is C29H37NO6. The fourth-order valence-corrected chi connectivity index (χ4v) is 5.46. The summed E-state index contributed by atoms with van der Waals surface area (Å²) in [5, 5.41) is 20.2. The van der Waals surface area contributed by atoms with E-state index in [1.165, 1.54) is 11.1 Å². The third-order valence-electron chi connectivity index (χ3n) is 8.11. The Morgan fingerprint density at radius 2 is 1.78 bits per heavy atom. The molecule has 1 aliphatic heterocycles. The second kappa shape index (κ2) is 9.77. The lowest BCUT2D eigenvalue weighted by Crippen LogP contribution is -2.39. The van der Waals surface area contributed by atoms with E-state index in [4.69, 9.17) is 9.47 Å². The Morgan fingerprint density at radius 3 is 2.33 bits per heavy atom. The van der Waals surface area contributed by atoms with Gasteiger partial charge in [-0.05, 0) is 49.6 Å². The first kappa shape index (κ1) is 26.0. The van der Waals surface area contributed by atoms with Crippen molar-refractivity contribution in [2.45, 2.75) is 65.1 Å². The fourth-order valence-electron chi connectivity index (χ4n) is 5.46. The van der Waals surface area contributed by atoms with Gasteiger partial charge in [-0.25, -0.2) is 0 Å². The van der Waals surface area contributed by atoms with E-state index in [1.807, 2.05) is 37.3 Å². The van der Waals surface area contributed by atoms with E-state index in [-0.39, 0.29) is 24.3 Å². The van der Waals surface area contributed by atoms with Crippen LogP contribution in [-0.4, -0.2) is 59.4 Å². The molecule has 0 aromatic heterocycles. The number of carboxylic acid groups (broad SMARTS) is 1. The van der Waals surface area contributed by atoms with Crippen molar-refractivity contribution in [3.63, 3.8) is 0 Å². The Morgan fingerprint density at radius 1 is 1.14 bits per heavy atom. The van der Waals surface area contributed by atoms with E-state index >= 15 is 0 Å². The van der Waals surface area contributed by atoms with Crippen LogP contribution in [0.25, 0.3) is 0 Å². The van der Waals surface area contributed by atoms with Crippen molar-refractivity contribution in [2.75, 3.05) is 20.2 Å². The van der Waals surface area contributed by atoms with Crippen molar-refractivity contribution < 1.29 is 29.3 Å². The van der Waals surface area contributed by atoms with Gasteiger partial charge in [-0.2, -0.15) is 0 Å². The number of carbonyl (C=O) groups excluding carboxylic acids is 1. The largest absolute Gasteiger partial charge is 0.493 e. The van der Waals surface area contributed by atoms with Crippen LogP contribution < -0.4 is 9.47 Å². The van der Waals surface area contributed by atoms with Crippen molar-refractivity contribution in [1.29, 1.82) is 0 Å². The van der Waals surface area contributed by atoms with Crippen LogP contribution in [0.5, 0.6) is 11.5 Å². The van der Waals surface area contributed by atoms with Gasteiger partial charge in [0.15, 0.2) is 11.5 Å². The number of amides is 1. The maximum atomic E-state index is 13.1. The molecule has 3 atom stereocenters. The van der Waals surface area contributed by atoms with Crippen molar-refractivity contribution in [3.05, 3.63) is 59.2 Å². The average Bonchev–Trinajstić information content (AvgIpc) is 3.40. The molecule has 0 saturated carbocycles. The van der Waals surface area contributed by atoms with Crippen LogP contribution in [0.4, 0.5) is 0 Å². The number of fused-ring (bicyclic) bond motifs is 1. The average molecular weight is 496 g/mol.